The van der Waals surface area contributed by atoms with Crippen LogP contribution < -0.4 is 10.6 Å². The van der Waals surface area contributed by atoms with Crippen molar-refractivity contribution < 1.29 is 19.1 Å². The molecule has 3 atom stereocenters. The monoisotopic (exact) mass is 741 g/mol. The van der Waals surface area contributed by atoms with Crippen LogP contribution in [-0.4, -0.2) is 74.8 Å². The number of carbonyl (C=O) groups is 2. The van der Waals surface area contributed by atoms with Crippen LogP contribution in [0.25, 0.3) is 44.4 Å². The molecule has 3 aromatic carbocycles. The third kappa shape index (κ3) is 7.27. The molecule has 11 heteroatoms. The predicted octanol–water partition coefficient (Wildman–Crippen LogP) is 7.79. The topological polar surface area (TPSA) is 137 Å². The van der Waals surface area contributed by atoms with Crippen LogP contribution in [0.2, 0.25) is 0 Å². The summed E-state index contributed by atoms with van der Waals surface area (Å²) in [6.45, 7) is 8.32. The van der Waals surface area contributed by atoms with Crippen LogP contribution in [0.5, 0.6) is 0 Å². The largest absolute Gasteiger partial charge is 0.444 e. The number of aromatic nitrogens is 4. The smallest absolute Gasteiger partial charge is 0.408 e. The summed E-state index contributed by atoms with van der Waals surface area (Å²) in [6, 6.07) is 19.5. The zero-order valence-corrected chi connectivity index (χ0v) is 32.0. The van der Waals surface area contributed by atoms with Crippen molar-refractivity contribution in [3.05, 3.63) is 83.7 Å². The second-order valence-electron chi connectivity index (χ2n) is 16.7. The van der Waals surface area contributed by atoms with Crippen LogP contribution in [0, 0.1) is 5.92 Å². The number of aromatic amines is 2. The quantitative estimate of drug-likeness (QED) is 0.134. The number of amides is 2. The fraction of sp³-hybridized carbons (Fsp3) is 0.455. The summed E-state index contributed by atoms with van der Waals surface area (Å²) in [5.41, 5.74) is 8.43. The molecule has 5 heterocycles. The zero-order chi connectivity index (χ0) is 37.7. The summed E-state index contributed by atoms with van der Waals surface area (Å²) in [5, 5.41) is 8.88. The maximum atomic E-state index is 14.3. The summed E-state index contributed by atoms with van der Waals surface area (Å²) >= 11 is 0. The first kappa shape index (κ1) is 35.7. The Balaban J connectivity index is 0.931. The Morgan fingerprint density at radius 3 is 2.44 bits per heavy atom. The van der Waals surface area contributed by atoms with E-state index in [9.17, 15) is 9.59 Å². The van der Waals surface area contributed by atoms with Crippen molar-refractivity contribution in [2.45, 2.75) is 95.9 Å². The molecule has 0 radical (unpaired) electrons. The van der Waals surface area contributed by atoms with Gasteiger partial charge in [0.05, 0.1) is 29.7 Å². The van der Waals surface area contributed by atoms with Gasteiger partial charge in [0.2, 0.25) is 5.91 Å². The first-order chi connectivity index (χ1) is 26.7. The number of hydrogen-bond donors (Lipinski definition) is 4. The molecule has 1 aliphatic carbocycles. The van der Waals surface area contributed by atoms with Crippen molar-refractivity contribution in [3.63, 3.8) is 0 Å². The molecular formula is C44H51N7O4. The number of nitrogens with zero attached hydrogens (tertiary/aromatic N) is 3. The third-order valence-corrected chi connectivity index (χ3v) is 11.8. The minimum atomic E-state index is -0.677. The molecule has 11 nitrogen and oxygen atoms in total. The maximum Gasteiger partial charge on any atom is 0.408 e. The number of benzene rings is 3. The van der Waals surface area contributed by atoms with Crippen LogP contribution in [0.3, 0.4) is 0 Å². The van der Waals surface area contributed by atoms with E-state index in [2.05, 4.69) is 80.2 Å². The number of rotatable bonds is 7. The molecule has 2 aromatic heterocycles. The molecular weight excluding hydrogens is 691 g/mol. The van der Waals surface area contributed by atoms with Crippen LogP contribution in [-0.2, 0) is 27.1 Å². The Kier molecular flexibility index (Phi) is 9.46. The van der Waals surface area contributed by atoms with Gasteiger partial charge in [0.1, 0.15) is 23.3 Å². The lowest BCUT2D eigenvalue weighted by Crippen LogP contribution is -2.54. The van der Waals surface area contributed by atoms with Crippen molar-refractivity contribution in [1.29, 1.82) is 0 Å². The normalized spacial score (nSPS) is 20.7. The van der Waals surface area contributed by atoms with Crippen molar-refractivity contribution in [2.75, 3.05) is 26.3 Å². The first-order valence-corrected chi connectivity index (χ1v) is 20.1. The number of nitrogens with one attached hydrogen (secondary N) is 4. The number of ether oxygens (including phenoxy) is 2. The number of hydrogen-bond acceptors (Lipinski definition) is 7. The molecule has 5 aromatic rings. The van der Waals surface area contributed by atoms with Crippen molar-refractivity contribution in [3.8, 4) is 33.6 Å². The van der Waals surface area contributed by atoms with Crippen molar-refractivity contribution in [2.24, 2.45) is 5.92 Å². The lowest BCUT2D eigenvalue weighted by Gasteiger charge is -2.34. The fourth-order valence-electron chi connectivity index (χ4n) is 8.99. The summed E-state index contributed by atoms with van der Waals surface area (Å²) in [5.74, 6) is 1.76. The molecule has 3 aliphatic heterocycles. The summed E-state index contributed by atoms with van der Waals surface area (Å²) in [4.78, 5) is 46.2. The van der Waals surface area contributed by atoms with E-state index < -0.39 is 17.7 Å². The second kappa shape index (κ2) is 14.6. The van der Waals surface area contributed by atoms with Crippen molar-refractivity contribution in [1.82, 2.24) is 35.5 Å². The number of H-pyrrole nitrogens is 2. The molecule has 2 amide bonds. The average Bonchev–Trinajstić information content (AvgIpc) is 4.02. The van der Waals surface area contributed by atoms with E-state index in [1.165, 1.54) is 33.9 Å². The second-order valence-corrected chi connectivity index (χ2v) is 16.7. The number of fused-ring (bicyclic) bond motifs is 4. The van der Waals surface area contributed by atoms with E-state index in [-0.39, 0.29) is 17.9 Å². The highest BCUT2D eigenvalue weighted by atomic mass is 16.6. The summed E-state index contributed by atoms with van der Waals surface area (Å²) in [6.07, 6.45) is 8.59. The van der Waals surface area contributed by atoms with E-state index in [1.807, 2.05) is 31.9 Å². The van der Waals surface area contributed by atoms with Gasteiger partial charge >= 0.3 is 6.09 Å². The van der Waals surface area contributed by atoms with Crippen molar-refractivity contribution >= 4 is 22.8 Å². The molecule has 0 spiro atoms. The SMILES string of the molecule is CC(C)(C)OC(=O)NC(C(=O)N1CCCC1c1nc2c([nH]1)CCc1cc(-c3ccc4cc(-c5cnc(C6CCCN6)[nH]5)ccc4c3)ccc1-2)C1CCOCC1. The highest BCUT2D eigenvalue weighted by Gasteiger charge is 2.41. The highest BCUT2D eigenvalue weighted by molar-refractivity contribution is 5.91. The van der Waals surface area contributed by atoms with Crippen LogP contribution in [0.15, 0.2) is 60.8 Å². The van der Waals surface area contributed by atoms with Gasteiger partial charge in [-0.1, -0.05) is 42.5 Å². The van der Waals surface area contributed by atoms with Gasteiger partial charge in [-0.2, -0.15) is 0 Å². The van der Waals surface area contributed by atoms with Gasteiger partial charge in [0.25, 0.3) is 0 Å². The molecule has 0 bridgehead atoms. The van der Waals surface area contributed by atoms with Gasteiger partial charge in [0.15, 0.2) is 0 Å². The lowest BCUT2D eigenvalue weighted by molar-refractivity contribution is -0.137. The molecule has 3 fully saturated rings. The average molecular weight is 742 g/mol. The minimum absolute atomic E-state index is 0.0181. The molecule has 4 N–H and O–H groups in total. The maximum absolute atomic E-state index is 14.3. The van der Waals surface area contributed by atoms with E-state index >= 15 is 0 Å². The number of alkyl carbamates (subject to hydrolysis) is 1. The molecule has 4 aliphatic rings. The Bertz CT molecular complexity index is 2220. The Labute approximate surface area is 322 Å². The van der Waals surface area contributed by atoms with E-state index in [0.717, 1.165) is 78.5 Å². The molecule has 286 valence electrons. The van der Waals surface area contributed by atoms with Crippen LogP contribution >= 0.6 is 0 Å². The van der Waals surface area contributed by atoms with Gasteiger partial charge in [-0.25, -0.2) is 14.8 Å². The zero-order valence-electron chi connectivity index (χ0n) is 32.0. The molecule has 9 rings (SSSR count). The third-order valence-electron chi connectivity index (χ3n) is 11.8. The standard InChI is InChI=1S/C44H51N7O4/c1-44(2,3)55-43(53)50-38(26-16-20-54-21-17-26)42(52)51-19-5-7-37(51)41-47-34-15-13-31-23-30(12-14-33(31)39(34)49-41)27-8-9-29-24-32(11-10-28(29)22-27)36-25-46-40(48-36)35-6-4-18-45-35/h8-12,14,22-26,35,37-38,45H,4-7,13,15-21H2,1-3H3,(H,46,48)(H,47,49)(H,50,53). The molecule has 55 heavy (non-hydrogen) atoms. The molecule has 0 saturated carbocycles. The van der Waals surface area contributed by atoms with Gasteiger partial charge in [-0.3, -0.25) is 4.79 Å². The molecule has 3 saturated heterocycles. The van der Waals surface area contributed by atoms with E-state index in [1.54, 1.807) is 0 Å². The van der Waals surface area contributed by atoms with E-state index in [0.29, 0.717) is 38.6 Å². The molecule has 3 unspecified atom stereocenters. The highest BCUT2D eigenvalue weighted by Crippen LogP contribution is 2.39. The lowest BCUT2D eigenvalue weighted by atomic mass is 9.89. The number of carbonyl (C=O) groups excluding carboxylic acids is 2. The number of aryl methyl sites for hydroxylation is 2. The summed E-state index contributed by atoms with van der Waals surface area (Å²) < 4.78 is 11.2. The predicted molar refractivity (Wildman–Crippen MR) is 212 cm³/mol. The van der Waals surface area contributed by atoms with Gasteiger partial charge in [-0.05, 0) is 124 Å². The van der Waals surface area contributed by atoms with E-state index in [4.69, 9.17) is 14.5 Å². The summed E-state index contributed by atoms with van der Waals surface area (Å²) in [7, 11) is 0. The van der Waals surface area contributed by atoms with Gasteiger partial charge in [-0.15, -0.1) is 0 Å². The van der Waals surface area contributed by atoms with Crippen LogP contribution in [0.4, 0.5) is 4.79 Å². The number of likely N-dealkylation sites (tertiary alicyclic amines) is 1. The van der Waals surface area contributed by atoms with Crippen LogP contribution in [0.1, 0.15) is 94.3 Å². The minimum Gasteiger partial charge on any atom is -0.444 e. The van der Waals surface area contributed by atoms with Gasteiger partial charge < -0.3 is 35.0 Å². The number of imidazole rings is 2. The Morgan fingerprint density at radius 1 is 0.891 bits per heavy atom. The Hall–Kier alpha value is -5.00. The Morgan fingerprint density at radius 2 is 1.65 bits per heavy atom. The fourth-order valence-corrected chi connectivity index (χ4v) is 8.99. The first-order valence-electron chi connectivity index (χ1n) is 20.1. The van der Waals surface area contributed by atoms with Gasteiger partial charge in [0, 0.05) is 36.6 Å².